The second-order valence-corrected chi connectivity index (χ2v) is 7.43. The molecule has 1 saturated heterocycles. The molecule has 1 N–H and O–H groups in total. The van der Waals surface area contributed by atoms with Gasteiger partial charge in [-0.2, -0.15) is 4.31 Å². The van der Waals surface area contributed by atoms with Crippen molar-refractivity contribution >= 4 is 22.0 Å². The fraction of sp³-hybridized carbons (Fsp3) is 0.571. The number of hydrogen-bond acceptors (Lipinski definition) is 6. The Morgan fingerprint density at radius 3 is 2.61 bits per heavy atom. The Morgan fingerprint density at radius 2 is 2.04 bits per heavy atom. The molecule has 0 saturated carbocycles. The highest BCUT2D eigenvalue weighted by Crippen LogP contribution is 2.34. The predicted octanol–water partition coefficient (Wildman–Crippen LogP) is 1.39. The zero-order valence-electron chi connectivity index (χ0n) is 13.2. The molecular weight excluding hydrogens is 326 g/mol. The zero-order chi connectivity index (χ0) is 17.4. The summed E-state index contributed by atoms with van der Waals surface area (Å²) in [5.41, 5.74) is -1.54. The second kappa shape index (κ2) is 5.97. The van der Waals surface area contributed by atoms with E-state index in [0.717, 1.165) is 10.4 Å². The number of carbonyl (C=O) groups excluding carboxylic acids is 1. The first-order valence-electron chi connectivity index (χ1n) is 7.09. The summed E-state index contributed by atoms with van der Waals surface area (Å²) in [6.07, 6.45) is 1.40. The number of carbonyl (C=O) groups is 2. The molecule has 0 bridgehead atoms. The Kier molecular flexibility index (Phi) is 4.54. The van der Waals surface area contributed by atoms with Gasteiger partial charge in [0, 0.05) is 12.6 Å². The molecule has 1 aliphatic heterocycles. The van der Waals surface area contributed by atoms with Crippen LogP contribution in [0.3, 0.4) is 0 Å². The summed E-state index contributed by atoms with van der Waals surface area (Å²) in [7, 11) is -3.00. The topological polar surface area (TPSA) is 114 Å². The minimum Gasteiger partial charge on any atom is -0.480 e. The van der Waals surface area contributed by atoms with Gasteiger partial charge >= 0.3 is 11.9 Å². The average molecular weight is 345 g/mol. The van der Waals surface area contributed by atoms with Crippen molar-refractivity contribution in [3.8, 4) is 0 Å². The number of ether oxygens (including phenoxy) is 1. The summed E-state index contributed by atoms with van der Waals surface area (Å²) >= 11 is 0. The van der Waals surface area contributed by atoms with Gasteiger partial charge in [0.15, 0.2) is 0 Å². The zero-order valence-corrected chi connectivity index (χ0v) is 14.0. The maximum absolute atomic E-state index is 12.8. The van der Waals surface area contributed by atoms with Gasteiger partial charge in [-0.1, -0.05) is 0 Å². The van der Waals surface area contributed by atoms with E-state index in [9.17, 15) is 23.1 Å². The number of methoxy groups -OCH3 is 1. The van der Waals surface area contributed by atoms with Crippen LogP contribution in [0, 0.1) is 6.92 Å². The van der Waals surface area contributed by atoms with Crippen LogP contribution < -0.4 is 0 Å². The van der Waals surface area contributed by atoms with Crippen LogP contribution in [-0.2, 0) is 19.6 Å². The van der Waals surface area contributed by atoms with Crippen molar-refractivity contribution < 1.29 is 32.3 Å². The molecule has 9 heteroatoms. The van der Waals surface area contributed by atoms with E-state index in [1.807, 2.05) is 0 Å². The number of piperidine rings is 1. The number of nitrogens with zero attached hydrogens (tertiary/aromatic N) is 1. The van der Waals surface area contributed by atoms with E-state index >= 15 is 0 Å². The molecule has 2 rings (SSSR count). The molecule has 1 aromatic rings. The average Bonchev–Trinajstić information content (AvgIpc) is 2.89. The molecule has 0 radical (unpaired) electrons. The van der Waals surface area contributed by atoms with E-state index in [0.29, 0.717) is 12.8 Å². The molecule has 0 aromatic carbocycles. The van der Waals surface area contributed by atoms with Gasteiger partial charge in [0.1, 0.15) is 16.9 Å². The van der Waals surface area contributed by atoms with Crippen molar-refractivity contribution in [1.29, 1.82) is 0 Å². The van der Waals surface area contributed by atoms with Crippen molar-refractivity contribution in [3.05, 3.63) is 17.4 Å². The van der Waals surface area contributed by atoms with Crippen LogP contribution in [0.4, 0.5) is 0 Å². The molecule has 2 heterocycles. The first-order valence-corrected chi connectivity index (χ1v) is 8.53. The predicted molar refractivity (Wildman–Crippen MR) is 78.6 cm³/mol. The van der Waals surface area contributed by atoms with E-state index in [-0.39, 0.29) is 24.3 Å². The normalized spacial score (nSPS) is 22.7. The Morgan fingerprint density at radius 1 is 1.39 bits per heavy atom. The Labute approximate surface area is 134 Å². The lowest BCUT2D eigenvalue weighted by atomic mass is 9.91. The van der Waals surface area contributed by atoms with Crippen LogP contribution in [0.5, 0.6) is 0 Å². The number of aliphatic carboxylic acids is 1. The maximum atomic E-state index is 12.8. The number of carboxylic acids is 1. The van der Waals surface area contributed by atoms with Crippen molar-refractivity contribution in [2.75, 3.05) is 13.7 Å². The fourth-order valence-electron chi connectivity index (χ4n) is 2.70. The molecule has 1 fully saturated rings. The highest BCUT2D eigenvalue weighted by atomic mass is 32.2. The van der Waals surface area contributed by atoms with Gasteiger partial charge in [-0.25, -0.2) is 13.2 Å². The van der Waals surface area contributed by atoms with Gasteiger partial charge in [0.2, 0.25) is 5.09 Å². The van der Waals surface area contributed by atoms with Gasteiger partial charge in [0.25, 0.3) is 10.0 Å². The smallest absolute Gasteiger partial charge is 0.341 e. The molecule has 128 valence electrons. The van der Waals surface area contributed by atoms with E-state index in [1.165, 1.54) is 21.0 Å². The van der Waals surface area contributed by atoms with Gasteiger partial charge in [-0.15, -0.1) is 0 Å². The minimum atomic E-state index is -4.18. The van der Waals surface area contributed by atoms with Crippen molar-refractivity contribution in [1.82, 2.24) is 4.31 Å². The first kappa shape index (κ1) is 17.5. The summed E-state index contributed by atoms with van der Waals surface area (Å²) in [4.78, 5) is 23.2. The van der Waals surface area contributed by atoms with Crippen LogP contribution in [0.15, 0.2) is 15.6 Å². The Bertz CT molecular complexity index is 736. The number of rotatable bonds is 4. The lowest BCUT2D eigenvalue weighted by Gasteiger charge is -2.39. The lowest BCUT2D eigenvalue weighted by Crippen LogP contribution is -2.57. The van der Waals surface area contributed by atoms with Crippen LogP contribution in [-0.4, -0.2) is 49.0 Å². The van der Waals surface area contributed by atoms with Crippen molar-refractivity contribution in [2.24, 2.45) is 0 Å². The molecule has 1 atom stereocenters. The van der Waals surface area contributed by atoms with E-state index in [4.69, 9.17) is 4.42 Å². The molecule has 1 aliphatic rings. The van der Waals surface area contributed by atoms with E-state index < -0.39 is 32.6 Å². The standard InChI is InChI=1S/C14H19NO7S/c1-9-10(12(16)21-3)8-11(22-9)23(19,20)15-7-5-4-6-14(15,2)13(17)18/h8H,4-7H2,1-3H3,(H,17,18). The van der Waals surface area contributed by atoms with Crippen molar-refractivity contribution in [2.45, 2.75) is 43.7 Å². The van der Waals surface area contributed by atoms with Crippen molar-refractivity contribution in [3.63, 3.8) is 0 Å². The molecule has 1 aromatic heterocycles. The lowest BCUT2D eigenvalue weighted by molar-refractivity contribution is -0.149. The number of furan rings is 1. The molecule has 0 spiro atoms. The van der Waals surface area contributed by atoms with Gasteiger partial charge < -0.3 is 14.3 Å². The van der Waals surface area contributed by atoms with Gasteiger partial charge in [0.05, 0.1) is 7.11 Å². The molecule has 0 amide bonds. The van der Waals surface area contributed by atoms with Crippen LogP contribution in [0.1, 0.15) is 42.3 Å². The van der Waals surface area contributed by atoms with Crippen LogP contribution in [0.25, 0.3) is 0 Å². The minimum absolute atomic E-state index is 0.000104. The summed E-state index contributed by atoms with van der Waals surface area (Å²) in [5.74, 6) is -1.82. The third-order valence-corrected chi connectivity index (χ3v) is 6.01. The third kappa shape index (κ3) is 2.86. The Hall–Kier alpha value is -1.87. The van der Waals surface area contributed by atoms with E-state index in [2.05, 4.69) is 4.74 Å². The molecule has 23 heavy (non-hydrogen) atoms. The highest BCUT2D eigenvalue weighted by molar-refractivity contribution is 7.89. The molecule has 8 nitrogen and oxygen atoms in total. The number of sulfonamides is 1. The summed E-state index contributed by atoms with van der Waals surface area (Å²) < 4.78 is 36.3. The number of carboxylic acid groups (broad SMARTS) is 1. The first-order chi connectivity index (χ1) is 10.6. The fourth-order valence-corrected chi connectivity index (χ4v) is 4.48. The molecular formula is C14H19NO7S. The third-order valence-electron chi connectivity index (χ3n) is 4.13. The summed E-state index contributed by atoms with van der Waals surface area (Å²) in [5, 5.41) is 9.00. The largest absolute Gasteiger partial charge is 0.480 e. The quantitative estimate of drug-likeness (QED) is 0.820. The van der Waals surface area contributed by atoms with Crippen LogP contribution in [0.2, 0.25) is 0 Å². The summed E-state index contributed by atoms with van der Waals surface area (Å²) in [6.45, 7) is 2.90. The number of aryl methyl sites for hydroxylation is 1. The summed E-state index contributed by atoms with van der Waals surface area (Å²) in [6, 6.07) is 1.08. The highest BCUT2D eigenvalue weighted by Gasteiger charge is 2.49. The van der Waals surface area contributed by atoms with E-state index in [1.54, 1.807) is 0 Å². The molecule has 1 unspecified atom stereocenters. The van der Waals surface area contributed by atoms with Gasteiger partial charge in [-0.3, -0.25) is 4.79 Å². The monoisotopic (exact) mass is 345 g/mol. The maximum Gasteiger partial charge on any atom is 0.341 e. The Balaban J connectivity index is 2.49. The second-order valence-electron chi connectivity index (χ2n) is 5.64. The SMILES string of the molecule is COC(=O)c1cc(S(=O)(=O)N2CCCCC2(C)C(=O)O)oc1C. The molecule has 0 aliphatic carbocycles. The number of esters is 1. The van der Waals surface area contributed by atoms with Crippen LogP contribution >= 0.6 is 0 Å². The van der Waals surface area contributed by atoms with Gasteiger partial charge in [-0.05, 0) is 33.1 Å². The number of hydrogen-bond donors (Lipinski definition) is 1.